The van der Waals surface area contributed by atoms with Crippen LogP contribution in [0.2, 0.25) is 0 Å². The van der Waals surface area contributed by atoms with Gasteiger partial charge in [-0.25, -0.2) is 4.98 Å². The Balaban J connectivity index is 1.42. The van der Waals surface area contributed by atoms with Crippen molar-refractivity contribution in [2.45, 2.75) is 63.1 Å². The Bertz CT molecular complexity index is 659. The van der Waals surface area contributed by atoms with E-state index in [0.29, 0.717) is 38.3 Å². The molecule has 2 aliphatic rings. The minimum Gasteiger partial charge on any atom is -0.480 e. The molecule has 27 heavy (non-hydrogen) atoms. The maximum Gasteiger partial charge on any atom is 0.320 e. The number of nitrogens with two attached hydrogens (primary N) is 1. The first-order chi connectivity index (χ1) is 13.0. The molecule has 0 spiro atoms. The number of imidazole rings is 1. The van der Waals surface area contributed by atoms with Gasteiger partial charge in [0.2, 0.25) is 5.91 Å². The van der Waals surface area contributed by atoms with Crippen LogP contribution < -0.4 is 16.4 Å². The first-order valence-electron chi connectivity index (χ1n) is 9.69. The van der Waals surface area contributed by atoms with E-state index in [1.807, 2.05) is 11.8 Å². The van der Waals surface area contributed by atoms with Gasteiger partial charge in [0.15, 0.2) is 0 Å². The van der Waals surface area contributed by atoms with Gasteiger partial charge in [0.25, 0.3) is 0 Å². The number of hydrogen-bond acceptors (Lipinski definition) is 6. The van der Waals surface area contributed by atoms with Crippen molar-refractivity contribution in [1.82, 2.24) is 20.6 Å². The minimum atomic E-state index is -0.980. The number of nitrogens with zero attached hydrogens (tertiary/aromatic N) is 1. The fourth-order valence-electron chi connectivity index (χ4n) is 3.56. The van der Waals surface area contributed by atoms with Gasteiger partial charge in [-0.15, -0.1) is 0 Å². The van der Waals surface area contributed by atoms with Gasteiger partial charge in [0.05, 0.1) is 17.4 Å². The van der Waals surface area contributed by atoms with Crippen LogP contribution in [0, 0.1) is 0 Å². The predicted molar refractivity (Wildman–Crippen MR) is 105 cm³/mol. The van der Waals surface area contributed by atoms with Gasteiger partial charge >= 0.3 is 5.97 Å². The van der Waals surface area contributed by atoms with E-state index in [4.69, 9.17) is 15.8 Å². The third-order valence-electron chi connectivity index (χ3n) is 5.23. The Morgan fingerprint density at radius 2 is 2.26 bits per heavy atom. The molecular formula is C18H29N5O3S. The molecule has 6 N–H and O–H groups in total. The standard InChI is InChI=1S/C18H29N5O3S/c19-12(18(25)26)5-1-2-6-20-17(24)14-8-13-15(9-21-14)23-16(22-13)11-4-3-7-27-10-11/h11-12,14,21H,1-10,19H2,(H,20,24)(H,22,23)(H,25,26)/t11?,12-,14-/m0/s1. The number of thioether (sulfide) groups is 1. The number of carbonyl (C=O) groups excluding carboxylic acids is 1. The molecule has 0 aromatic carbocycles. The van der Waals surface area contributed by atoms with Crippen molar-refractivity contribution in [1.29, 1.82) is 0 Å². The zero-order chi connectivity index (χ0) is 19.2. The van der Waals surface area contributed by atoms with Gasteiger partial charge in [-0.1, -0.05) is 0 Å². The fourth-order valence-corrected chi connectivity index (χ4v) is 4.70. The molecule has 3 heterocycles. The van der Waals surface area contributed by atoms with Crippen LogP contribution >= 0.6 is 11.8 Å². The largest absolute Gasteiger partial charge is 0.480 e. The lowest BCUT2D eigenvalue weighted by Crippen LogP contribution is -2.47. The lowest BCUT2D eigenvalue weighted by Gasteiger charge is -2.22. The van der Waals surface area contributed by atoms with Crippen LogP contribution in [0.15, 0.2) is 0 Å². The highest BCUT2D eigenvalue weighted by atomic mass is 32.2. The lowest BCUT2D eigenvalue weighted by atomic mass is 10.0. The Labute approximate surface area is 163 Å². The number of nitrogens with one attached hydrogen (secondary N) is 3. The summed E-state index contributed by atoms with van der Waals surface area (Å²) in [6.07, 6.45) is 4.84. The zero-order valence-corrected chi connectivity index (χ0v) is 16.3. The minimum absolute atomic E-state index is 0.0269. The molecule has 1 unspecified atom stereocenters. The van der Waals surface area contributed by atoms with Crippen LogP contribution in [0.25, 0.3) is 0 Å². The number of amides is 1. The number of carbonyl (C=O) groups is 2. The number of carboxylic acid groups (broad SMARTS) is 1. The maximum absolute atomic E-state index is 12.4. The van der Waals surface area contributed by atoms with Crippen LogP contribution in [0.3, 0.4) is 0 Å². The maximum atomic E-state index is 12.4. The summed E-state index contributed by atoms with van der Waals surface area (Å²) in [6.45, 7) is 1.16. The smallest absolute Gasteiger partial charge is 0.320 e. The third kappa shape index (κ3) is 5.46. The summed E-state index contributed by atoms with van der Waals surface area (Å²) in [5.74, 6) is 2.93. The monoisotopic (exact) mass is 395 g/mol. The van der Waals surface area contributed by atoms with Gasteiger partial charge in [0, 0.05) is 31.2 Å². The highest BCUT2D eigenvalue weighted by molar-refractivity contribution is 7.99. The van der Waals surface area contributed by atoms with E-state index in [1.165, 1.54) is 18.6 Å². The average Bonchev–Trinajstić information content (AvgIpc) is 3.11. The molecular weight excluding hydrogens is 366 g/mol. The second kappa shape index (κ2) is 9.57. The normalized spacial score (nSPS) is 23.4. The van der Waals surface area contributed by atoms with E-state index < -0.39 is 12.0 Å². The third-order valence-corrected chi connectivity index (χ3v) is 6.44. The molecule has 0 aliphatic carbocycles. The van der Waals surface area contributed by atoms with Crippen LogP contribution in [-0.2, 0) is 22.6 Å². The summed E-state index contributed by atoms with van der Waals surface area (Å²) in [4.78, 5) is 31.3. The van der Waals surface area contributed by atoms with Gasteiger partial charge in [-0.2, -0.15) is 11.8 Å². The number of aromatic amines is 1. The quantitative estimate of drug-likeness (QED) is 0.410. The number of rotatable bonds is 8. The van der Waals surface area contributed by atoms with Crippen molar-refractivity contribution in [2.24, 2.45) is 5.73 Å². The van der Waals surface area contributed by atoms with Crippen molar-refractivity contribution in [3.8, 4) is 0 Å². The highest BCUT2D eigenvalue weighted by Gasteiger charge is 2.28. The summed E-state index contributed by atoms with van der Waals surface area (Å²) in [6, 6.07) is -1.09. The van der Waals surface area contributed by atoms with Gasteiger partial charge in [-0.05, 0) is 37.9 Å². The first-order valence-corrected chi connectivity index (χ1v) is 10.8. The Morgan fingerprint density at radius 3 is 3.00 bits per heavy atom. The van der Waals surface area contributed by atoms with Crippen LogP contribution in [0.5, 0.6) is 0 Å². The summed E-state index contributed by atoms with van der Waals surface area (Å²) in [5, 5.41) is 15.0. The van der Waals surface area contributed by atoms with E-state index in [1.54, 1.807) is 0 Å². The molecule has 8 nitrogen and oxygen atoms in total. The highest BCUT2D eigenvalue weighted by Crippen LogP contribution is 2.30. The second-order valence-corrected chi connectivity index (χ2v) is 8.48. The molecule has 1 fully saturated rings. The average molecular weight is 396 g/mol. The molecule has 2 aliphatic heterocycles. The van der Waals surface area contributed by atoms with E-state index in [9.17, 15) is 9.59 Å². The van der Waals surface area contributed by atoms with E-state index >= 15 is 0 Å². The topological polar surface area (TPSA) is 133 Å². The summed E-state index contributed by atoms with van der Waals surface area (Å²) >= 11 is 1.99. The summed E-state index contributed by atoms with van der Waals surface area (Å²) in [5.41, 5.74) is 7.58. The fraction of sp³-hybridized carbons (Fsp3) is 0.722. The molecule has 0 saturated carbocycles. The van der Waals surface area contributed by atoms with E-state index in [-0.39, 0.29) is 11.9 Å². The number of H-pyrrole nitrogens is 1. The van der Waals surface area contributed by atoms with Gasteiger partial charge in [-0.3, -0.25) is 14.9 Å². The molecule has 0 bridgehead atoms. The summed E-state index contributed by atoms with van der Waals surface area (Å²) in [7, 11) is 0. The number of hydrogen-bond donors (Lipinski definition) is 5. The molecule has 9 heteroatoms. The molecule has 1 aromatic heterocycles. The first kappa shape index (κ1) is 20.2. The van der Waals surface area contributed by atoms with Crippen LogP contribution in [0.1, 0.15) is 55.2 Å². The molecule has 150 valence electrons. The Kier molecular flexibility index (Phi) is 7.14. The number of aliphatic carboxylic acids is 1. The number of carboxylic acids is 1. The molecule has 0 radical (unpaired) electrons. The number of aromatic nitrogens is 2. The Hall–Kier alpha value is -1.58. The molecule has 3 rings (SSSR count). The van der Waals surface area contributed by atoms with Crippen LogP contribution in [-0.4, -0.2) is 57.1 Å². The molecule has 1 saturated heterocycles. The van der Waals surface area contributed by atoms with Crippen molar-refractivity contribution in [2.75, 3.05) is 18.1 Å². The van der Waals surface area contributed by atoms with Crippen molar-refractivity contribution in [3.63, 3.8) is 0 Å². The lowest BCUT2D eigenvalue weighted by molar-refractivity contribution is -0.138. The van der Waals surface area contributed by atoms with Crippen molar-refractivity contribution >= 4 is 23.6 Å². The van der Waals surface area contributed by atoms with Crippen molar-refractivity contribution in [3.05, 3.63) is 17.2 Å². The Morgan fingerprint density at radius 1 is 1.41 bits per heavy atom. The summed E-state index contributed by atoms with van der Waals surface area (Å²) < 4.78 is 0. The SMILES string of the molecule is N[C@@H](CCCCNC(=O)[C@@H]1Cc2nc(C3CCCSC3)[nH]c2CN1)C(=O)O. The van der Waals surface area contributed by atoms with Gasteiger partial charge in [0.1, 0.15) is 11.9 Å². The number of unbranched alkanes of at least 4 members (excludes halogenated alkanes) is 1. The predicted octanol–water partition coefficient (Wildman–Crippen LogP) is 0.733. The molecule has 1 amide bonds. The van der Waals surface area contributed by atoms with Gasteiger partial charge < -0.3 is 21.1 Å². The van der Waals surface area contributed by atoms with Crippen molar-refractivity contribution < 1.29 is 14.7 Å². The molecule has 3 atom stereocenters. The number of fused-ring (bicyclic) bond motifs is 1. The second-order valence-electron chi connectivity index (χ2n) is 7.33. The van der Waals surface area contributed by atoms with E-state index in [2.05, 4.69) is 15.6 Å². The van der Waals surface area contributed by atoms with E-state index in [0.717, 1.165) is 29.4 Å². The van der Waals surface area contributed by atoms with Crippen LogP contribution in [0.4, 0.5) is 0 Å². The molecule has 1 aromatic rings. The zero-order valence-electron chi connectivity index (χ0n) is 15.5.